The molecular formula is C20H17ClN4O3. The maximum Gasteiger partial charge on any atom is 0.337 e. The number of hydrogen-bond acceptors (Lipinski definition) is 6. The van der Waals surface area contributed by atoms with Gasteiger partial charge in [0, 0.05) is 28.8 Å². The van der Waals surface area contributed by atoms with Crippen molar-refractivity contribution in [1.29, 1.82) is 0 Å². The van der Waals surface area contributed by atoms with E-state index in [2.05, 4.69) is 25.3 Å². The molecule has 0 fully saturated rings. The van der Waals surface area contributed by atoms with Gasteiger partial charge in [-0.2, -0.15) is 0 Å². The van der Waals surface area contributed by atoms with Crippen molar-refractivity contribution in [2.45, 2.75) is 6.92 Å². The Morgan fingerprint density at radius 1 is 1.00 bits per heavy atom. The predicted octanol–water partition coefficient (Wildman–Crippen LogP) is 4.22. The highest BCUT2D eigenvalue weighted by Crippen LogP contribution is 2.23. The number of anilines is 3. The first-order chi connectivity index (χ1) is 13.5. The number of rotatable bonds is 5. The maximum atomic E-state index is 12.4. The molecule has 0 aliphatic rings. The van der Waals surface area contributed by atoms with E-state index in [4.69, 9.17) is 11.6 Å². The van der Waals surface area contributed by atoms with E-state index in [1.165, 1.54) is 19.5 Å². The molecule has 3 rings (SSSR count). The van der Waals surface area contributed by atoms with E-state index < -0.39 is 5.97 Å². The number of ether oxygens (including phenoxy) is 1. The van der Waals surface area contributed by atoms with Gasteiger partial charge in [0.25, 0.3) is 5.91 Å². The lowest BCUT2D eigenvalue weighted by Gasteiger charge is -2.10. The van der Waals surface area contributed by atoms with Crippen LogP contribution in [-0.4, -0.2) is 29.0 Å². The molecule has 0 aliphatic heterocycles. The number of esters is 1. The number of methoxy groups -OCH3 is 1. The Morgan fingerprint density at radius 3 is 2.32 bits per heavy atom. The Balaban J connectivity index is 1.67. The number of aromatic nitrogens is 2. The number of nitrogens with zero attached hydrogens (tertiary/aromatic N) is 2. The highest BCUT2D eigenvalue weighted by atomic mass is 35.5. The summed E-state index contributed by atoms with van der Waals surface area (Å²) in [7, 11) is 1.33. The fourth-order valence-corrected chi connectivity index (χ4v) is 2.56. The van der Waals surface area contributed by atoms with Crippen LogP contribution < -0.4 is 10.6 Å². The van der Waals surface area contributed by atoms with Crippen LogP contribution in [0.4, 0.5) is 17.3 Å². The van der Waals surface area contributed by atoms with Crippen molar-refractivity contribution in [3.05, 3.63) is 76.6 Å². The van der Waals surface area contributed by atoms with Crippen LogP contribution in [0.25, 0.3) is 0 Å². The first kappa shape index (κ1) is 19.3. The van der Waals surface area contributed by atoms with Crippen molar-refractivity contribution in [1.82, 2.24) is 9.97 Å². The fraction of sp³-hybridized carbons (Fsp3) is 0.100. The molecule has 1 heterocycles. The first-order valence-electron chi connectivity index (χ1n) is 8.32. The number of amides is 1. The van der Waals surface area contributed by atoms with E-state index in [1.54, 1.807) is 42.5 Å². The highest BCUT2D eigenvalue weighted by Gasteiger charge is 2.11. The average molecular weight is 397 g/mol. The van der Waals surface area contributed by atoms with Crippen LogP contribution in [0.15, 0.2) is 54.9 Å². The molecule has 3 aromatic rings. The molecule has 2 N–H and O–H groups in total. The molecule has 1 amide bonds. The second-order valence-electron chi connectivity index (χ2n) is 5.86. The number of nitrogens with one attached hydrogen (secondary N) is 2. The Kier molecular flexibility index (Phi) is 5.86. The lowest BCUT2D eigenvalue weighted by atomic mass is 10.2. The van der Waals surface area contributed by atoms with Crippen LogP contribution in [0.2, 0.25) is 5.02 Å². The molecule has 8 heteroatoms. The van der Waals surface area contributed by atoms with Crippen LogP contribution in [0.1, 0.15) is 26.3 Å². The minimum Gasteiger partial charge on any atom is -0.465 e. The summed E-state index contributed by atoms with van der Waals surface area (Å²) in [6, 6.07) is 12.0. The Labute approximate surface area is 166 Å². The number of hydrogen-bond donors (Lipinski definition) is 2. The third-order valence-electron chi connectivity index (χ3n) is 3.99. The van der Waals surface area contributed by atoms with Gasteiger partial charge in [0.2, 0.25) is 5.95 Å². The summed E-state index contributed by atoms with van der Waals surface area (Å²) in [5, 5.41) is 6.36. The van der Waals surface area contributed by atoms with Crippen LogP contribution in [0.5, 0.6) is 0 Å². The molecule has 0 saturated heterocycles. The van der Waals surface area contributed by atoms with Gasteiger partial charge in [-0.25, -0.2) is 14.8 Å². The third kappa shape index (κ3) is 4.44. The van der Waals surface area contributed by atoms with Gasteiger partial charge in [0.1, 0.15) is 0 Å². The molecular weight excluding hydrogens is 380 g/mol. The molecule has 2 aromatic carbocycles. The molecule has 0 atom stereocenters. The topological polar surface area (TPSA) is 93.2 Å². The van der Waals surface area contributed by atoms with Crippen molar-refractivity contribution in [2.75, 3.05) is 17.7 Å². The maximum absolute atomic E-state index is 12.4. The zero-order valence-electron chi connectivity index (χ0n) is 15.2. The second kappa shape index (κ2) is 8.49. The highest BCUT2D eigenvalue weighted by molar-refractivity contribution is 6.31. The smallest absolute Gasteiger partial charge is 0.337 e. The van der Waals surface area contributed by atoms with Gasteiger partial charge >= 0.3 is 5.97 Å². The quantitative estimate of drug-likeness (QED) is 0.627. The lowest BCUT2D eigenvalue weighted by Crippen LogP contribution is -2.14. The normalized spacial score (nSPS) is 10.2. The Hall–Kier alpha value is -3.45. The molecule has 7 nitrogen and oxygen atoms in total. The summed E-state index contributed by atoms with van der Waals surface area (Å²) in [4.78, 5) is 32.1. The van der Waals surface area contributed by atoms with Gasteiger partial charge in [-0.3, -0.25) is 4.79 Å². The van der Waals surface area contributed by atoms with Crippen LogP contribution in [0, 0.1) is 6.92 Å². The summed E-state index contributed by atoms with van der Waals surface area (Å²) >= 11 is 6.07. The zero-order chi connectivity index (χ0) is 20.1. The molecule has 0 saturated carbocycles. The molecule has 28 heavy (non-hydrogen) atoms. The van der Waals surface area contributed by atoms with Crippen molar-refractivity contribution < 1.29 is 14.3 Å². The molecule has 1 aromatic heterocycles. The van der Waals surface area contributed by atoms with Crippen LogP contribution in [-0.2, 0) is 4.74 Å². The van der Waals surface area contributed by atoms with Gasteiger partial charge in [-0.1, -0.05) is 17.7 Å². The van der Waals surface area contributed by atoms with E-state index >= 15 is 0 Å². The van der Waals surface area contributed by atoms with Gasteiger partial charge in [0.15, 0.2) is 0 Å². The van der Waals surface area contributed by atoms with E-state index in [0.29, 0.717) is 33.5 Å². The number of halogens is 1. The van der Waals surface area contributed by atoms with E-state index in [0.717, 1.165) is 5.56 Å². The molecule has 0 aliphatic carbocycles. The van der Waals surface area contributed by atoms with Crippen molar-refractivity contribution in [3.63, 3.8) is 0 Å². The first-order valence-corrected chi connectivity index (χ1v) is 8.69. The van der Waals surface area contributed by atoms with Crippen molar-refractivity contribution >= 4 is 40.8 Å². The van der Waals surface area contributed by atoms with Gasteiger partial charge in [-0.15, -0.1) is 0 Å². The molecule has 0 bridgehead atoms. The lowest BCUT2D eigenvalue weighted by molar-refractivity contribution is 0.0600. The van der Waals surface area contributed by atoms with Gasteiger partial charge in [-0.05, 0) is 48.9 Å². The zero-order valence-corrected chi connectivity index (χ0v) is 15.9. The third-order valence-corrected chi connectivity index (χ3v) is 4.40. The minimum atomic E-state index is -0.409. The van der Waals surface area contributed by atoms with Crippen molar-refractivity contribution in [3.8, 4) is 0 Å². The molecule has 142 valence electrons. The summed E-state index contributed by atoms with van der Waals surface area (Å²) in [5.41, 5.74) is 2.86. The molecule has 0 spiro atoms. The SMILES string of the molecule is COC(=O)c1ccc(Nc2ncc(C(=O)Nc3cccc(Cl)c3C)cn2)cc1. The molecule has 0 unspecified atom stereocenters. The van der Waals surface area contributed by atoms with Gasteiger partial charge in [0.05, 0.1) is 18.2 Å². The fourth-order valence-electron chi connectivity index (χ4n) is 2.38. The average Bonchev–Trinajstić information content (AvgIpc) is 2.72. The number of benzene rings is 2. The van der Waals surface area contributed by atoms with E-state index in [-0.39, 0.29) is 5.91 Å². The molecule has 0 radical (unpaired) electrons. The predicted molar refractivity (Wildman–Crippen MR) is 107 cm³/mol. The van der Waals surface area contributed by atoms with E-state index in [9.17, 15) is 9.59 Å². The largest absolute Gasteiger partial charge is 0.465 e. The van der Waals surface area contributed by atoms with E-state index in [1.807, 2.05) is 6.92 Å². The Bertz CT molecular complexity index is 1000. The number of carbonyl (C=O) groups excluding carboxylic acids is 2. The summed E-state index contributed by atoms with van der Waals surface area (Å²) in [6.45, 7) is 1.83. The monoisotopic (exact) mass is 396 g/mol. The minimum absolute atomic E-state index is 0.311. The van der Waals surface area contributed by atoms with Crippen LogP contribution >= 0.6 is 11.6 Å². The Morgan fingerprint density at radius 2 is 1.68 bits per heavy atom. The van der Waals surface area contributed by atoms with Gasteiger partial charge < -0.3 is 15.4 Å². The van der Waals surface area contributed by atoms with Crippen molar-refractivity contribution in [2.24, 2.45) is 0 Å². The summed E-state index contributed by atoms with van der Waals surface area (Å²) in [5.74, 6) is -0.422. The summed E-state index contributed by atoms with van der Waals surface area (Å²) in [6.07, 6.45) is 2.85. The summed E-state index contributed by atoms with van der Waals surface area (Å²) < 4.78 is 4.66. The number of carbonyl (C=O) groups is 2. The second-order valence-corrected chi connectivity index (χ2v) is 6.26. The van der Waals surface area contributed by atoms with Crippen LogP contribution in [0.3, 0.4) is 0 Å². The standard InChI is InChI=1S/C20H17ClN4O3/c1-12-16(21)4-3-5-17(12)25-18(26)14-10-22-20(23-11-14)24-15-8-6-13(7-9-15)19(27)28-2/h3-11H,1-2H3,(H,25,26)(H,22,23,24).